The van der Waals surface area contributed by atoms with Crippen molar-refractivity contribution >= 4 is 23.5 Å². The van der Waals surface area contributed by atoms with Crippen LogP contribution in [-0.4, -0.2) is 42.5 Å². The number of nitrogens with zero attached hydrogens (tertiary/aromatic N) is 2. The van der Waals surface area contributed by atoms with E-state index in [4.69, 9.17) is 4.74 Å². The lowest BCUT2D eigenvalue weighted by Gasteiger charge is -2.07. The summed E-state index contributed by atoms with van der Waals surface area (Å²) in [7, 11) is 3.19. The van der Waals surface area contributed by atoms with Gasteiger partial charge in [0.2, 0.25) is 0 Å². The Hall–Kier alpha value is -1.34. The number of nitrogens with one attached hydrogen (secondary N) is 1. The normalized spacial score (nSPS) is 10.3. The van der Waals surface area contributed by atoms with E-state index in [1.807, 2.05) is 13.0 Å². The molecule has 1 aromatic rings. The van der Waals surface area contributed by atoms with Gasteiger partial charge < -0.3 is 14.8 Å². The molecule has 0 unspecified atom stereocenters. The molecule has 1 aromatic heterocycles. The van der Waals surface area contributed by atoms with Crippen LogP contribution in [-0.2, 0) is 20.9 Å². The highest BCUT2D eigenvalue weighted by atomic mass is 32.2. The molecule has 0 atom stereocenters. The van der Waals surface area contributed by atoms with Crippen LogP contribution in [0.15, 0.2) is 11.1 Å². The van der Waals surface area contributed by atoms with Gasteiger partial charge in [-0.05, 0) is 6.92 Å². The van der Waals surface area contributed by atoms with Crippen molar-refractivity contribution in [2.75, 3.05) is 31.8 Å². The van der Waals surface area contributed by atoms with Gasteiger partial charge in [0.25, 0.3) is 0 Å². The highest BCUT2D eigenvalue weighted by molar-refractivity contribution is 7.99. The lowest BCUT2D eigenvalue weighted by molar-refractivity contribution is -0.140. The first-order valence-electron chi connectivity index (χ1n) is 6.02. The number of carbonyl (C=O) groups is 1. The number of thioether (sulfide) groups is 1. The van der Waals surface area contributed by atoms with Gasteiger partial charge in [0.05, 0.1) is 13.5 Å². The van der Waals surface area contributed by atoms with Crippen LogP contribution in [0.4, 0.5) is 5.82 Å². The molecule has 106 valence electrons. The summed E-state index contributed by atoms with van der Waals surface area (Å²) in [6.45, 7) is 2.93. The summed E-state index contributed by atoms with van der Waals surface area (Å²) in [6, 6.07) is 1.84. The zero-order valence-electron chi connectivity index (χ0n) is 11.4. The summed E-state index contributed by atoms with van der Waals surface area (Å²) in [4.78, 5) is 19.7. The minimum absolute atomic E-state index is 0.218. The SMILES string of the molecule is CCOCc1nc(NC)cc(SCCC(=O)OC)n1. The van der Waals surface area contributed by atoms with Crippen LogP contribution in [0.1, 0.15) is 19.2 Å². The number of aromatic nitrogens is 2. The van der Waals surface area contributed by atoms with Gasteiger partial charge in [-0.3, -0.25) is 4.79 Å². The fourth-order valence-corrected chi connectivity index (χ4v) is 2.12. The lowest BCUT2D eigenvalue weighted by Crippen LogP contribution is -2.04. The first kappa shape index (κ1) is 15.7. The third-order valence-corrected chi connectivity index (χ3v) is 3.14. The maximum Gasteiger partial charge on any atom is 0.306 e. The molecule has 0 amide bonds. The number of hydrogen-bond acceptors (Lipinski definition) is 7. The van der Waals surface area contributed by atoms with Crippen LogP contribution in [0.25, 0.3) is 0 Å². The third kappa shape index (κ3) is 5.89. The smallest absolute Gasteiger partial charge is 0.306 e. The van der Waals surface area contributed by atoms with Crippen molar-refractivity contribution in [1.82, 2.24) is 9.97 Å². The number of rotatable bonds is 8. The van der Waals surface area contributed by atoms with Gasteiger partial charge in [-0.2, -0.15) is 0 Å². The predicted octanol–water partition coefficient (Wildman–Crippen LogP) is 1.71. The van der Waals surface area contributed by atoms with E-state index in [-0.39, 0.29) is 5.97 Å². The monoisotopic (exact) mass is 285 g/mol. The van der Waals surface area contributed by atoms with Gasteiger partial charge in [0.15, 0.2) is 5.82 Å². The molecule has 0 radical (unpaired) electrons. The van der Waals surface area contributed by atoms with Gasteiger partial charge in [-0.1, -0.05) is 0 Å². The van der Waals surface area contributed by atoms with Crippen molar-refractivity contribution in [1.29, 1.82) is 0 Å². The Morgan fingerprint density at radius 3 is 2.89 bits per heavy atom. The zero-order valence-corrected chi connectivity index (χ0v) is 12.2. The van der Waals surface area contributed by atoms with Crippen molar-refractivity contribution in [3.05, 3.63) is 11.9 Å². The average Bonchev–Trinajstić information content (AvgIpc) is 2.44. The largest absolute Gasteiger partial charge is 0.469 e. The van der Waals surface area contributed by atoms with Crippen LogP contribution in [0.5, 0.6) is 0 Å². The summed E-state index contributed by atoms with van der Waals surface area (Å²) in [5, 5.41) is 3.80. The second-order valence-electron chi connectivity index (χ2n) is 3.57. The van der Waals surface area contributed by atoms with Gasteiger partial charge in [0.1, 0.15) is 17.5 Å². The van der Waals surface area contributed by atoms with Crippen LogP contribution in [0.2, 0.25) is 0 Å². The standard InChI is InChI=1S/C12H19N3O3S/c1-4-18-8-10-14-9(13-2)7-11(15-10)19-6-5-12(16)17-3/h7H,4-6,8H2,1-3H3,(H,13,14,15). The van der Waals surface area contributed by atoms with E-state index < -0.39 is 0 Å². The van der Waals surface area contributed by atoms with E-state index in [1.54, 1.807) is 7.05 Å². The number of hydrogen-bond donors (Lipinski definition) is 1. The Labute approximate surface area is 117 Å². The fraction of sp³-hybridized carbons (Fsp3) is 0.583. The molecule has 0 aromatic carbocycles. The molecule has 0 bridgehead atoms. The lowest BCUT2D eigenvalue weighted by atomic mass is 10.5. The molecule has 19 heavy (non-hydrogen) atoms. The van der Waals surface area contributed by atoms with Crippen LogP contribution >= 0.6 is 11.8 Å². The van der Waals surface area contributed by atoms with E-state index in [9.17, 15) is 4.79 Å². The first-order chi connectivity index (χ1) is 9.19. The van der Waals surface area contributed by atoms with Crippen LogP contribution < -0.4 is 5.32 Å². The number of carbonyl (C=O) groups excluding carboxylic acids is 1. The van der Waals surface area contributed by atoms with Crippen molar-refractivity contribution in [2.24, 2.45) is 0 Å². The minimum Gasteiger partial charge on any atom is -0.469 e. The molecule has 0 aliphatic carbocycles. The summed E-state index contributed by atoms with van der Waals surface area (Å²) < 4.78 is 9.89. The van der Waals surface area contributed by atoms with Crippen molar-refractivity contribution in [3.63, 3.8) is 0 Å². The molecule has 0 spiro atoms. The first-order valence-corrected chi connectivity index (χ1v) is 7.01. The topological polar surface area (TPSA) is 73.3 Å². The van der Waals surface area contributed by atoms with E-state index >= 15 is 0 Å². The highest BCUT2D eigenvalue weighted by Gasteiger charge is 2.06. The molecule has 1 heterocycles. The molecular formula is C12H19N3O3S. The molecule has 1 rings (SSSR count). The van der Waals surface area contributed by atoms with Crippen LogP contribution in [0.3, 0.4) is 0 Å². The Balaban J connectivity index is 2.62. The van der Waals surface area contributed by atoms with E-state index in [2.05, 4.69) is 20.0 Å². The molecule has 0 fully saturated rings. The van der Waals surface area contributed by atoms with E-state index in [0.717, 1.165) is 10.8 Å². The number of esters is 1. The summed E-state index contributed by atoms with van der Waals surface area (Å²) in [6.07, 6.45) is 0.362. The predicted molar refractivity (Wildman–Crippen MR) is 74.3 cm³/mol. The third-order valence-electron chi connectivity index (χ3n) is 2.22. The van der Waals surface area contributed by atoms with E-state index in [0.29, 0.717) is 31.2 Å². The molecular weight excluding hydrogens is 266 g/mol. The Morgan fingerprint density at radius 1 is 1.47 bits per heavy atom. The van der Waals surface area contributed by atoms with E-state index in [1.165, 1.54) is 18.9 Å². The molecule has 0 aliphatic heterocycles. The maximum atomic E-state index is 11.0. The Kier molecular flexibility index (Phi) is 7.20. The molecule has 1 N–H and O–H groups in total. The maximum absolute atomic E-state index is 11.0. The van der Waals surface area contributed by atoms with Gasteiger partial charge >= 0.3 is 5.97 Å². The quantitative estimate of drug-likeness (QED) is 0.443. The average molecular weight is 285 g/mol. The Bertz CT molecular complexity index is 415. The molecule has 0 saturated carbocycles. The minimum atomic E-state index is -0.218. The number of methoxy groups -OCH3 is 1. The van der Waals surface area contributed by atoms with Crippen molar-refractivity contribution < 1.29 is 14.3 Å². The Morgan fingerprint density at radius 2 is 2.26 bits per heavy atom. The number of anilines is 1. The molecule has 0 aliphatic rings. The second-order valence-corrected chi connectivity index (χ2v) is 4.68. The van der Waals surface area contributed by atoms with Gasteiger partial charge in [-0.25, -0.2) is 9.97 Å². The van der Waals surface area contributed by atoms with Gasteiger partial charge in [0, 0.05) is 25.5 Å². The summed E-state index contributed by atoms with van der Waals surface area (Å²) in [5.74, 6) is 1.78. The highest BCUT2D eigenvalue weighted by Crippen LogP contribution is 2.19. The van der Waals surface area contributed by atoms with Gasteiger partial charge in [-0.15, -0.1) is 11.8 Å². The second kappa shape index (κ2) is 8.71. The fourth-order valence-electron chi connectivity index (χ4n) is 1.27. The van der Waals surface area contributed by atoms with Crippen molar-refractivity contribution in [2.45, 2.75) is 25.0 Å². The zero-order chi connectivity index (χ0) is 14.1. The summed E-state index contributed by atoms with van der Waals surface area (Å²) in [5.41, 5.74) is 0. The molecule has 7 heteroatoms. The van der Waals surface area contributed by atoms with Crippen molar-refractivity contribution in [3.8, 4) is 0 Å². The molecule has 0 saturated heterocycles. The summed E-state index contributed by atoms with van der Waals surface area (Å²) >= 11 is 1.49. The van der Waals surface area contributed by atoms with Crippen LogP contribution in [0, 0.1) is 0 Å². The molecule has 6 nitrogen and oxygen atoms in total. The number of ether oxygens (including phenoxy) is 2.